The van der Waals surface area contributed by atoms with E-state index in [1.807, 2.05) is 25.1 Å². The highest BCUT2D eigenvalue weighted by molar-refractivity contribution is 5.59. The van der Waals surface area contributed by atoms with Gasteiger partial charge in [0.25, 0.3) is 5.56 Å². The molecule has 0 bridgehead atoms. The van der Waals surface area contributed by atoms with Gasteiger partial charge in [-0.05, 0) is 36.6 Å². The first-order valence-electron chi connectivity index (χ1n) is 9.31. The number of hydrogen-bond acceptors (Lipinski definition) is 4. The van der Waals surface area contributed by atoms with E-state index < -0.39 is 0 Å². The molecule has 1 aliphatic rings. The molecule has 3 aromatic rings. The molecule has 0 aliphatic carbocycles. The highest BCUT2D eigenvalue weighted by Gasteiger charge is 2.21. The molecule has 5 nitrogen and oxygen atoms in total. The fourth-order valence-corrected chi connectivity index (χ4v) is 3.51. The van der Waals surface area contributed by atoms with E-state index in [-0.39, 0.29) is 5.56 Å². The second-order valence-electron chi connectivity index (χ2n) is 7.23. The van der Waals surface area contributed by atoms with E-state index in [0.29, 0.717) is 12.5 Å². The molecule has 0 radical (unpaired) electrons. The fourth-order valence-electron chi connectivity index (χ4n) is 3.51. The average Bonchev–Trinajstić information content (AvgIpc) is 2.66. The van der Waals surface area contributed by atoms with E-state index in [2.05, 4.69) is 57.4 Å². The molecule has 138 valence electrons. The van der Waals surface area contributed by atoms with Crippen molar-refractivity contribution in [2.45, 2.75) is 33.4 Å². The van der Waals surface area contributed by atoms with Crippen LogP contribution < -0.4 is 10.9 Å². The van der Waals surface area contributed by atoms with Gasteiger partial charge in [0.1, 0.15) is 0 Å². The fraction of sp³-hybridized carbons (Fsp3) is 0.273. The number of aryl methyl sites for hydroxylation is 2. The molecule has 0 spiro atoms. The van der Waals surface area contributed by atoms with Crippen molar-refractivity contribution in [3.8, 4) is 0 Å². The molecular formula is C22H24N4O. The second-order valence-corrected chi connectivity index (χ2v) is 7.23. The van der Waals surface area contributed by atoms with Gasteiger partial charge in [-0.3, -0.25) is 14.7 Å². The standard InChI is InChI=1S/C22H24N4O/c1-15-8-9-16(2)20(12-15)24-22-23-19-10-11-26(14-18(19)21(27)25-22)13-17-6-4-3-5-7-17/h3-9,12H,10-11,13-14H2,1-2H3,(H2,23,24,25,27). The highest BCUT2D eigenvalue weighted by Crippen LogP contribution is 2.21. The number of nitrogens with zero attached hydrogens (tertiary/aromatic N) is 2. The molecule has 2 N–H and O–H groups in total. The molecule has 0 saturated carbocycles. The molecule has 1 aliphatic heterocycles. The Kier molecular flexibility index (Phi) is 4.77. The van der Waals surface area contributed by atoms with Gasteiger partial charge in [-0.2, -0.15) is 0 Å². The number of H-pyrrole nitrogens is 1. The SMILES string of the molecule is Cc1ccc(C)c(Nc2nc3c(c(=O)[nH]2)CN(Cc2ccccc2)CC3)c1. The number of aromatic nitrogens is 2. The summed E-state index contributed by atoms with van der Waals surface area (Å²) in [5.74, 6) is 0.518. The summed E-state index contributed by atoms with van der Waals surface area (Å²) in [5, 5.41) is 3.27. The lowest BCUT2D eigenvalue weighted by atomic mass is 10.1. The smallest absolute Gasteiger partial charge is 0.257 e. The molecule has 0 fully saturated rings. The number of benzene rings is 2. The van der Waals surface area contributed by atoms with Gasteiger partial charge in [0.15, 0.2) is 0 Å². The minimum atomic E-state index is -0.0504. The van der Waals surface area contributed by atoms with Crippen molar-refractivity contribution in [1.82, 2.24) is 14.9 Å². The molecule has 5 heteroatoms. The minimum absolute atomic E-state index is 0.0504. The van der Waals surface area contributed by atoms with Crippen molar-refractivity contribution < 1.29 is 0 Å². The Hall–Kier alpha value is -2.92. The van der Waals surface area contributed by atoms with Crippen LogP contribution in [-0.4, -0.2) is 21.4 Å². The van der Waals surface area contributed by atoms with Crippen molar-refractivity contribution in [3.63, 3.8) is 0 Å². The molecule has 0 saturated heterocycles. The normalized spacial score (nSPS) is 14.0. The quantitative estimate of drug-likeness (QED) is 0.745. The van der Waals surface area contributed by atoms with Crippen LogP contribution >= 0.6 is 0 Å². The van der Waals surface area contributed by atoms with Gasteiger partial charge in [-0.25, -0.2) is 4.98 Å². The zero-order chi connectivity index (χ0) is 18.8. The van der Waals surface area contributed by atoms with Crippen molar-refractivity contribution >= 4 is 11.6 Å². The number of nitrogens with one attached hydrogen (secondary N) is 2. The third-order valence-corrected chi connectivity index (χ3v) is 5.04. The largest absolute Gasteiger partial charge is 0.325 e. The Labute approximate surface area is 159 Å². The maximum Gasteiger partial charge on any atom is 0.257 e. The van der Waals surface area contributed by atoms with Crippen LogP contribution in [0, 0.1) is 13.8 Å². The van der Waals surface area contributed by atoms with E-state index in [4.69, 9.17) is 0 Å². The predicted molar refractivity (Wildman–Crippen MR) is 108 cm³/mol. The summed E-state index contributed by atoms with van der Waals surface area (Å²) < 4.78 is 0. The number of aromatic amines is 1. The van der Waals surface area contributed by atoms with Crippen LogP contribution in [0.1, 0.15) is 27.9 Å². The van der Waals surface area contributed by atoms with Crippen LogP contribution in [-0.2, 0) is 19.5 Å². The Morgan fingerprint density at radius 2 is 1.96 bits per heavy atom. The van der Waals surface area contributed by atoms with Gasteiger partial charge in [0.05, 0.1) is 11.3 Å². The van der Waals surface area contributed by atoms with Crippen molar-refractivity contribution in [2.24, 2.45) is 0 Å². The van der Waals surface area contributed by atoms with Crippen LogP contribution in [0.15, 0.2) is 53.3 Å². The second kappa shape index (κ2) is 7.37. The van der Waals surface area contributed by atoms with Crippen molar-refractivity contribution in [1.29, 1.82) is 0 Å². The summed E-state index contributed by atoms with van der Waals surface area (Å²) in [6.45, 7) is 6.48. The zero-order valence-electron chi connectivity index (χ0n) is 15.7. The Morgan fingerprint density at radius 3 is 2.78 bits per heavy atom. The van der Waals surface area contributed by atoms with Gasteiger partial charge >= 0.3 is 0 Å². The van der Waals surface area contributed by atoms with Crippen LogP contribution in [0.4, 0.5) is 11.6 Å². The van der Waals surface area contributed by atoms with E-state index >= 15 is 0 Å². The lowest BCUT2D eigenvalue weighted by molar-refractivity contribution is 0.242. The number of fused-ring (bicyclic) bond motifs is 1. The number of rotatable bonds is 4. The van der Waals surface area contributed by atoms with Crippen molar-refractivity contribution in [2.75, 3.05) is 11.9 Å². The average molecular weight is 360 g/mol. The minimum Gasteiger partial charge on any atom is -0.325 e. The summed E-state index contributed by atoms with van der Waals surface area (Å²) in [5.41, 5.74) is 6.15. The van der Waals surface area contributed by atoms with Gasteiger partial charge in [0.2, 0.25) is 5.95 Å². The summed E-state index contributed by atoms with van der Waals surface area (Å²) in [6.07, 6.45) is 0.785. The van der Waals surface area contributed by atoms with E-state index in [9.17, 15) is 4.79 Å². The van der Waals surface area contributed by atoms with Crippen LogP contribution in [0.25, 0.3) is 0 Å². The Balaban J connectivity index is 1.54. The van der Waals surface area contributed by atoms with Gasteiger partial charge < -0.3 is 5.32 Å². The molecule has 2 aromatic carbocycles. The first-order valence-corrected chi connectivity index (χ1v) is 9.31. The molecular weight excluding hydrogens is 336 g/mol. The molecule has 4 rings (SSSR count). The van der Waals surface area contributed by atoms with E-state index in [0.717, 1.165) is 42.0 Å². The molecule has 0 amide bonds. The maximum absolute atomic E-state index is 12.7. The molecule has 0 unspecified atom stereocenters. The first kappa shape index (κ1) is 17.5. The third kappa shape index (κ3) is 3.93. The number of anilines is 2. The predicted octanol–water partition coefficient (Wildman–Crippen LogP) is 3.69. The van der Waals surface area contributed by atoms with Crippen LogP contribution in [0.3, 0.4) is 0 Å². The first-order chi connectivity index (χ1) is 13.1. The number of hydrogen-bond donors (Lipinski definition) is 2. The summed E-state index contributed by atoms with van der Waals surface area (Å²) in [7, 11) is 0. The topological polar surface area (TPSA) is 61.0 Å². The monoisotopic (exact) mass is 360 g/mol. The van der Waals surface area contributed by atoms with Crippen LogP contribution in [0.5, 0.6) is 0 Å². The van der Waals surface area contributed by atoms with Gasteiger partial charge in [-0.1, -0.05) is 42.5 Å². The highest BCUT2D eigenvalue weighted by atomic mass is 16.1. The van der Waals surface area contributed by atoms with Crippen LogP contribution in [0.2, 0.25) is 0 Å². The van der Waals surface area contributed by atoms with Gasteiger partial charge in [0, 0.05) is 31.7 Å². The lowest BCUT2D eigenvalue weighted by Crippen LogP contribution is -2.35. The van der Waals surface area contributed by atoms with E-state index in [1.54, 1.807) is 0 Å². The summed E-state index contributed by atoms with van der Waals surface area (Å²) in [4.78, 5) is 22.6. The zero-order valence-corrected chi connectivity index (χ0v) is 15.7. The molecule has 27 heavy (non-hydrogen) atoms. The molecule has 1 aromatic heterocycles. The van der Waals surface area contributed by atoms with Gasteiger partial charge in [-0.15, -0.1) is 0 Å². The summed E-state index contributed by atoms with van der Waals surface area (Å²) >= 11 is 0. The molecule has 0 atom stereocenters. The lowest BCUT2D eigenvalue weighted by Gasteiger charge is -2.27. The maximum atomic E-state index is 12.7. The Morgan fingerprint density at radius 1 is 1.15 bits per heavy atom. The molecule has 2 heterocycles. The van der Waals surface area contributed by atoms with Crippen molar-refractivity contribution in [3.05, 3.63) is 86.8 Å². The summed E-state index contributed by atoms with van der Waals surface area (Å²) in [6, 6.07) is 16.6. The Bertz CT molecular complexity index is 1010. The van der Waals surface area contributed by atoms with E-state index in [1.165, 1.54) is 11.1 Å². The third-order valence-electron chi connectivity index (χ3n) is 5.04.